The smallest absolute Gasteiger partial charge is 0.270 e. The van der Waals surface area contributed by atoms with Crippen molar-refractivity contribution >= 4 is 33.4 Å². The lowest BCUT2D eigenvalue weighted by Crippen LogP contribution is -2.17. The molecule has 21 heavy (non-hydrogen) atoms. The van der Waals surface area contributed by atoms with Gasteiger partial charge in [0.2, 0.25) is 0 Å². The average molecular weight is 373 g/mol. The van der Waals surface area contributed by atoms with Crippen molar-refractivity contribution < 1.29 is 4.92 Å². The summed E-state index contributed by atoms with van der Waals surface area (Å²) in [5.41, 5.74) is 0.593. The van der Waals surface area contributed by atoms with Gasteiger partial charge >= 0.3 is 5.69 Å². The molecular formula is C12H13BrN4O3S. The first kappa shape index (κ1) is 15.8. The number of benzene rings is 1. The number of hydrogen-bond donors (Lipinski definition) is 1. The number of nitrogens with zero attached hydrogens (tertiary/aromatic N) is 3. The van der Waals surface area contributed by atoms with Gasteiger partial charge in [-0.1, -0.05) is 24.8 Å². The van der Waals surface area contributed by atoms with Crippen molar-refractivity contribution in [3.8, 4) is 0 Å². The molecule has 0 aliphatic heterocycles. The maximum atomic E-state index is 11.6. The van der Waals surface area contributed by atoms with Gasteiger partial charge in [0.05, 0.1) is 9.40 Å². The van der Waals surface area contributed by atoms with Gasteiger partial charge in [-0.2, -0.15) is 0 Å². The second kappa shape index (κ2) is 6.90. The zero-order chi connectivity index (χ0) is 15.4. The van der Waals surface area contributed by atoms with Crippen molar-refractivity contribution in [3.63, 3.8) is 0 Å². The molecule has 2 rings (SSSR count). The van der Waals surface area contributed by atoms with Crippen molar-refractivity contribution in [3.05, 3.63) is 48.8 Å². The molecule has 0 unspecified atom stereocenters. The molecule has 0 fully saturated rings. The highest BCUT2D eigenvalue weighted by molar-refractivity contribution is 9.10. The lowest BCUT2D eigenvalue weighted by Gasteiger charge is -2.04. The normalized spacial score (nSPS) is 10.8. The van der Waals surface area contributed by atoms with Crippen LogP contribution in [-0.2, 0) is 12.3 Å². The number of hydrogen-bond acceptors (Lipinski definition) is 5. The van der Waals surface area contributed by atoms with Crippen LogP contribution < -0.4 is 5.69 Å². The molecule has 1 heterocycles. The maximum Gasteiger partial charge on any atom is 0.343 e. The molecule has 0 aliphatic carbocycles. The number of rotatable bonds is 6. The zero-order valence-corrected chi connectivity index (χ0v) is 13.6. The van der Waals surface area contributed by atoms with Crippen LogP contribution in [0.25, 0.3) is 0 Å². The van der Waals surface area contributed by atoms with E-state index >= 15 is 0 Å². The molecule has 7 nitrogen and oxygen atoms in total. The highest BCUT2D eigenvalue weighted by Crippen LogP contribution is 2.28. The van der Waals surface area contributed by atoms with Gasteiger partial charge in [-0.25, -0.2) is 9.89 Å². The fourth-order valence-corrected chi connectivity index (χ4v) is 3.08. The van der Waals surface area contributed by atoms with E-state index in [9.17, 15) is 14.9 Å². The molecule has 1 N–H and O–H groups in total. The second-order valence-corrected chi connectivity index (χ2v) is 6.09. The van der Waals surface area contributed by atoms with Crippen LogP contribution in [0, 0.1) is 10.1 Å². The van der Waals surface area contributed by atoms with Crippen LogP contribution in [0.3, 0.4) is 0 Å². The quantitative estimate of drug-likeness (QED) is 0.477. The Morgan fingerprint density at radius 3 is 2.95 bits per heavy atom. The summed E-state index contributed by atoms with van der Waals surface area (Å²) in [6, 6.07) is 4.97. The van der Waals surface area contributed by atoms with Crippen LogP contribution in [0.1, 0.15) is 18.9 Å². The monoisotopic (exact) mass is 372 g/mol. The lowest BCUT2D eigenvalue weighted by molar-refractivity contribution is -0.385. The number of nitrogens with one attached hydrogen (secondary N) is 1. The molecule has 0 atom stereocenters. The van der Waals surface area contributed by atoms with Crippen molar-refractivity contribution in [2.75, 3.05) is 0 Å². The maximum absolute atomic E-state index is 11.6. The predicted molar refractivity (Wildman–Crippen MR) is 83.5 cm³/mol. The summed E-state index contributed by atoms with van der Waals surface area (Å²) < 4.78 is 2.02. The third-order valence-electron chi connectivity index (χ3n) is 2.75. The number of nitro groups is 1. The SMILES string of the molecule is CCCn1c(SCc2ccc(Br)c([N+](=O)[O-])c2)n[nH]c1=O. The van der Waals surface area contributed by atoms with E-state index in [0.717, 1.165) is 12.0 Å². The number of aromatic amines is 1. The summed E-state index contributed by atoms with van der Waals surface area (Å²) in [5, 5.41) is 17.9. The van der Waals surface area contributed by atoms with Crippen molar-refractivity contribution in [2.45, 2.75) is 30.8 Å². The molecule has 0 spiro atoms. The molecule has 0 saturated carbocycles. The third-order valence-corrected chi connectivity index (χ3v) is 4.46. The van der Waals surface area contributed by atoms with Crippen molar-refractivity contribution in [2.24, 2.45) is 0 Å². The van der Waals surface area contributed by atoms with Crippen LogP contribution >= 0.6 is 27.7 Å². The first-order chi connectivity index (χ1) is 10.0. The van der Waals surface area contributed by atoms with Gasteiger partial charge in [0.15, 0.2) is 5.16 Å². The molecule has 9 heteroatoms. The van der Waals surface area contributed by atoms with Gasteiger partial charge in [0.1, 0.15) is 0 Å². The number of halogens is 1. The molecule has 0 aliphatic rings. The average Bonchev–Trinajstić information content (AvgIpc) is 2.79. The van der Waals surface area contributed by atoms with E-state index in [1.807, 2.05) is 6.92 Å². The van der Waals surface area contributed by atoms with Crippen molar-refractivity contribution in [1.82, 2.24) is 14.8 Å². The Balaban J connectivity index is 2.15. The summed E-state index contributed by atoms with van der Waals surface area (Å²) in [7, 11) is 0. The minimum absolute atomic E-state index is 0.0288. The van der Waals surface area contributed by atoms with E-state index in [0.29, 0.717) is 21.9 Å². The summed E-state index contributed by atoms with van der Waals surface area (Å²) >= 11 is 4.52. The van der Waals surface area contributed by atoms with E-state index in [4.69, 9.17) is 0 Å². The van der Waals surface area contributed by atoms with Gasteiger partial charge in [-0.05, 0) is 34.0 Å². The summed E-state index contributed by atoms with van der Waals surface area (Å²) in [6.07, 6.45) is 0.830. The van der Waals surface area contributed by atoms with Crippen molar-refractivity contribution in [1.29, 1.82) is 0 Å². The van der Waals surface area contributed by atoms with Gasteiger partial charge in [0, 0.05) is 18.4 Å². The van der Waals surface area contributed by atoms with Crippen LogP contribution in [0.15, 0.2) is 32.6 Å². The highest BCUT2D eigenvalue weighted by atomic mass is 79.9. The minimum atomic E-state index is -0.431. The summed E-state index contributed by atoms with van der Waals surface area (Å²) in [5.74, 6) is 0.502. The Morgan fingerprint density at radius 2 is 2.29 bits per heavy atom. The first-order valence-electron chi connectivity index (χ1n) is 6.23. The van der Waals surface area contributed by atoms with Gasteiger partial charge < -0.3 is 0 Å². The van der Waals surface area contributed by atoms with Gasteiger partial charge in [0.25, 0.3) is 5.69 Å². The molecule has 1 aromatic heterocycles. The minimum Gasteiger partial charge on any atom is -0.270 e. The zero-order valence-electron chi connectivity index (χ0n) is 11.2. The Hall–Kier alpha value is -1.61. The van der Waals surface area contributed by atoms with E-state index in [-0.39, 0.29) is 11.4 Å². The fourth-order valence-electron chi connectivity index (χ4n) is 1.77. The molecule has 0 amide bonds. The number of aromatic nitrogens is 3. The predicted octanol–water partition coefficient (Wildman–Crippen LogP) is 2.94. The molecule has 0 saturated heterocycles. The topological polar surface area (TPSA) is 93.8 Å². The first-order valence-corrected chi connectivity index (χ1v) is 8.01. The van der Waals surface area contributed by atoms with Gasteiger partial charge in [-0.3, -0.25) is 14.7 Å². The molecular weight excluding hydrogens is 360 g/mol. The number of H-pyrrole nitrogens is 1. The van der Waals surface area contributed by atoms with Gasteiger partial charge in [-0.15, -0.1) is 5.10 Å². The molecule has 112 valence electrons. The molecule has 0 bridgehead atoms. The number of thioether (sulfide) groups is 1. The van der Waals surface area contributed by atoms with Crippen LogP contribution in [0.2, 0.25) is 0 Å². The van der Waals surface area contributed by atoms with E-state index < -0.39 is 4.92 Å². The Kier molecular flexibility index (Phi) is 5.18. The molecule has 2 aromatic rings. The Morgan fingerprint density at radius 1 is 1.52 bits per heavy atom. The van der Waals surface area contributed by atoms with E-state index in [2.05, 4.69) is 26.1 Å². The molecule has 0 radical (unpaired) electrons. The van der Waals surface area contributed by atoms with E-state index in [1.165, 1.54) is 17.8 Å². The Bertz CT molecular complexity index is 713. The second-order valence-electron chi connectivity index (χ2n) is 4.29. The van der Waals surface area contributed by atoms with E-state index in [1.54, 1.807) is 16.7 Å². The summed E-state index contributed by atoms with van der Waals surface area (Å²) in [6.45, 7) is 2.57. The molecule has 1 aromatic carbocycles. The van der Waals surface area contributed by atoms with Crippen LogP contribution in [-0.4, -0.2) is 19.7 Å². The summed E-state index contributed by atoms with van der Waals surface area (Å²) in [4.78, 5) is 22.0. The van der Waals surface area contributed by atoms with Crippen LogP contribution in [0.5, 0.6) is 0 Å². The fraction of sp³-hybridized carbons (Fsp3) is 0.333. The standard InChI is InChI=1S/C12H13BrN4O3S/c1-2-5-16-11(18)14-15-12(16)21-7-8-3-4-9(13)10(6-8)17(19)20/h3-4,6H,2,5,7H2,1H3,(H,14,18). The highest BCUT2D eigenvalue weighted by Gasteiger charge is 2.13. The lowest BCUT2D eigenvalue weighted by atomic mass is 10.2. The largest absolute Gasteiger partial charge is 0.343 e. The Labute approximate surface area is 133 Å². The third kappa shape index (κ3) is 3.73. The van der Waals surface area contributed by atoms with Crippen LogP contribution in [0.4, 0.5) is 5.69 Å². The number of nitro benzene ring substituents is 1.